The van der Waals surface area contributed by atoms with Crippen molar-refractivity contribution in [2.75, 3.05) is 6.61 Å². The van der Waals surface area contributed by atoms with Crippen LogP contribution in [-0.2, 0) is 11.7 Å². The monoisotopic (exact) mass is 347 g/mol. The smallest absolute Gasteiger partial charge is 0.338 e. The molecule has 1 aromatic rings. The zero-order chi connectivity index (χ0) is 18.5. The molecule has 1 aliphatic carbocycles. The summed E-state index contributed by atoms with van der Waals surface area (Å²) < 4.78 is 13.9. The van der Waals surface area contributed by atoms with Crippen LogP contribution in [0.25, 0.3) is 0 Å². The van der Waals surface area contributed by atoms with E-state index < -0.39 is 0 Å². The Morgan fingerprint density at radius 1 is 1.20 bits per heavy atom. The molecule has 0 aliphatic heterocycles. The molecule has 1 aliphatic rings. The lowest BCUT2D eigenvalue weighted by Crippen LogP contribution is -2.49. The summed E-state index contributed by atoms with van der Waals surface area (Å²) in [7, 11) is 3.76. The van der Waals surface area contributed by atoms with Crippen LogP contribution in [-0.4, -0.2) is 29.5 Å². The minimum atomic E-state index is -0.245. The number of rotatable bonds is 9. The van der Waals surface area contributed by atoms with Crippen LogP contribution in [0.15, 0.2) is 6.20 Å². The predicted molar refractivity (Wildman–Crippen MR) is 105 cm³/mol. The average Bonchev–Trinajstić information content (AvgIpc) is 2.94. The molecule has 2 rings (SSSR count). The molecular weight excluding hydrogens is 311 g/mol. The first-order valence-electron chi connectivity index (χ1n) is 9.95. The van der Waals surface area contributed by atoms with Gasteiger partial charge in [-0.05, 0) is 44.4 Å². The van der Waals surface area contributed by atoms with Gasteiger partial charge in [-0.15, -0.1) is 5.10 Å². The van der Waals surface area contributed by atoms with Gasteiger partial charge in [0.1, 0.15) is 0 Å². The Morgan fingerprint density at radius 3 is 2.52 bits per heavy atom. The molecule has 1 aromatic heterocycles. The molecule has 141 valence electrons. The number of ether oxygens (including phenoxy) is 1. The summed E-state index contributed by atoms with van der Waals surface area (Å²) in [5.74, 6) is 1.39. The molecule has 0 spiro atoms. The first kappa shape index (κ1) is 20.3. The fourth-order valence-corrected chi connectivity index (χ4v) is 3.67. The van der Waals surface area contributed by atoms with Crippen LogP contribution in [0, 0.1) is 11.3 Å². The number of nitrogens with zero attached hydrogens (tertiary/aromatic N) is 2. The van der Waals surface area contributed by atoms with Crippen molar-refractivity contribution < 1.29 is 9.39 Å². The van der Waals surface area contributed by atoms with Crippen molar-refractivity contribution in [2.45, 2.75) is 85.2 Å². The fourth-order valence-electron chi connectivity index (χ4n) is 3.67. The van der Waals surface area contributed by atoms with Crippen molar-refractivity contribution in [2.24, 2.45) is 18.4 Å². The highest BCUT2D eigenvalue weighted by Crippen LogP contribution is 2.46. The zero-order valence-electron chi connectivity index (χ0n) is 17.1. The number of unbranched alkanes of at least 4 members (excludes halogenated alkanes) is 1. The minimum Gasteiger partial charge on any atom is -0.477 e. The molecule has 0 aromatic carbocycles. The van der Waals surface area contributed by atoms with Crippen LogP contribution in [0.4, 0.5) is 0 Å². The van der Waals surface area contributed by atoms with Crippen LogP contribution in [0.1, 0.15) is 79.6 Å². The zero-order valence-corrected chi connectivity index (χ0v) is 17.1. The van der Waals surface area contributed by atoms with Gasteiger partial charge in [-0.3, -0.25) is 4.68 Å². The van der Waals surface area contributed by atoms with E-state index in [1.54, 1.807) is 4.68 Å². The molecule has 0 N–H and O–H groups in total. The normalized spacial score (nSPS) is 16.9. The second kappa shape index (κ2) is 8.61. The molecule has 4 nitrogen and oxygen atoms in total. The van der Waals surface area contributed by atoms with Crippen LogP contribution in [0.5, 0.6) is 5.88 Å². The first-order chi connectivity index (χ1) is 11.8. The maximum Gasteiger partial charge on any atom is 0.338 e. The first-order valence-corrected chi connectivity index (χ1v) is 9.95. The van der Waals surface area contributed by atoms with E-state index in [-0.39, 0.29) is 11.0 Å². The molecule has 25 heavy (non-hydrogen) atoms. The van der Waals surface area contributed by atoms with Gasteiger partial charge in [0.2, 0.25) is 5.88 Å². The van der Waals surface area contributed by atoms with Gasteiger partial charge < -0.3 is 9.39 Å². The average molecular weight is 347 g/mol. The summed E-state index contributed by atoms with van der Waals surface area (Å²) in [6.45, 7) is 12.0. The molecule has 1 saturated carbocycles. The third-order valence-corrected chi connectivity index (χ3v) is 6.22. The molecule has 0 bridgehead atoms. The van der Waals surface area contributed by atoms with Gasteiger partial charge in [0, 0.05) is 18.7 Å². The highest BCUT2D eigenvalue weighted by Gasteiger charge is 2.44. The van der Waals surface area contributed by atoms with E-state index in [1.165, 1.54) is 32.1 Å². The summed E-state index contributed by atoms with van der Waals surface area (Å²) in [6.07, 6.45) is 10.8. The summed E-state index contributed by atoms with van der Waals surface area (Å²) in [6, 6.07) is 0. The van der Waals surface area contributed by atoms with Crippen molar-refractivity contribution in [1.29, 1.82) is 0 Å². The van der Waals surface area contributed by atoms with Crippen molar-refractivity contribution in [1.82, 2.24) is 9.78 Å². The number of aromatic nitrogens is 2. The number of aryl methyl sites for hydroxylation is 1. The summed E-state index contributed by atoms with van der Waals surface area (Å²) in [5, 5.41) is 4.42. The molecular formula is C20H36BN2O2. The van der Waals surface area contributed by atoms with Gasteiger partial charge in [0.25, 0.3) is 0 Å². The molecule has 1 radical (unpaired) electrons. The lowest BCUT2D eigenvalue weighted by Gasteiger charge is -2.48. The summed E-state index contributed by atoms with van der Waals surface area (Å²) >= 11 is 0. The van der Waals surface area contributed by atoms with Gasteiger partial charge in [-0.25, -0.2) is 0 Å². The quantitative estimate of drug-likeness (QED) is 0.495. The van der Waals surface area contributed by atoms with Gasteiger partial charge in [0.05, 0.1) is 12.2 Å². The predicted octanol–water partition coefficient (Wildman–Crippen LogP) is 4.25. The Bertz CT molecular complexity index is 534. The second-order valence-electron chi connectivity index (χ2n) is 8.57. The lowest BCUT2D eigenvalue weighted by atomic mass is 9.62. The lowest BCUT2D eigenvalue weighted by molar-refractivity contribution is -0.0551. The summed E-state index contributed by atoms with van der Waals surface area (Å²) in [5.41, 5.74) is 0.798. The third-order valence-electron chi connectivity index (χ3n) is 6.22. The van der Waals surface area contributed by atoms with Crippen LogP contribution in [0.2, 0.25) is 0 Å². The Balaban J connectivity index is 2.01. The van der Waals surface area contributed by atoms with Gasteiger partial charge in [-0.1, -0.05) is 46.5 Å². The van der Waals surface area contributed by atoms with E-state index in [0.29, 0.717) is 12.5 Å². The van der Waals surface area contributed by atoms with E-state index in [4.69, 9.17) is 9.39 Å². The number of hydrogen-bond donors (Lipinski definition) is 0. The van der Waals surface area contributed by atoms with E-state index >= 15 is 0 Å². The Hall–Kier alpha value is -0.965. The van der Waals surface area contributed by atoms with Gasteiger partial charge in [-0.2, -0.15) is 0 Å². The van der Waals surface area contributed by atoms with E-state index in [1.807, 2.05) is 20.7 Å². The molecule has 0 saturated heterocycles. The molecule has 5 heteroatoms. The summed E-state index contributed by atoms with van der Waals surface area (Å²) in [4.78, 5) is 0. The van der Waals surface area contributed by atoms with Crippen molar-refractivity contribution in [3.8, 4) is 5.88 Å². The van der Waals surface area contributed by atoms with Crippen LogP contribution in [0.3, 0.4) is 0 Å². The maximum atomic E-state index is 6.34. The SMILES string of the molecule is CCCCOc1nn(C)cc1[B]OC(C)(C)C(C)(C)C1CCCCC1. The van der Waals surface area contributed by atoms with Crippen molar-refractivity contribution in [3.63, 3.8) is 0 Å². The number of hydrogen-bond acceptors (Lipinski definition) is 3. The van der Waals surface area contributed by atoms with E-state index in [2.05, 4.69) is 39.7 Å². The van der Waals surface area contributed by atoms with Gasteiger partial charge >= 0.3 is 7.48 Å². The second-order valence-corrected chi connectivity index (χ2v) is 8.57. The Labute approximate surface area is 154 Å². The molecule has 1 heterocycles. The fraction of sp³-hybridized carbons (Fsp3) is 0.850. The van der Waals surface area contributed by atoms with Crippen molar-refractivity contribution in [3.05, 3.63) is 6.20 Å². The molecule has 0 amide bonds. The standard InChI is InChI=1S/C20H36BN2O2/c1-7-8-14-24-18-17(15-23(6)22-18)21-25-20(4,5)19(2,3)16-12-10-9-11-13-16/h15-16H,7-14H2,1-6H3. The topological polar surface area (TPSA) is 36.3 Å². The van der Waals surface area contributed by atoms with E-state index in [0.717, 1.165) is 24.2 Å². The van der Waals surface area contributed by atoms with Crippen LogP contribution < -0.4 is 10.2 Å². The van der Waals surface area contributed by atoms with Crippen molar-refractivity contribution >= 4 is 12.9 Å². The minimum absolute atomic E-state index is 0.120. The Morgan fingerprint density at radius 2 is 1.88 bits per heavy atom. The molecule has 0 unspecified atom stereocenters. The highest BCUT2D eigenvalue weighted by molar-refractivity contribution is 6.48. The van der Waals surface area contributed by atoms with Crippen LogP contribution >= 0.6 is 0 Å². The molecule has 0 atom stereocenters. The largest absolute Gasteiger partial charge is 0.477 e. The third kappa shape index (κ3) is 5.03. The maximum absolute atomic E-state index is 6.34. The molecule has 1 fully saturated rings. The highest BCUT2D eigenvalue weighted by atomic mass is 16.5. The van der Waals surface area contributed by atoms with Gasteiger partial charge in [0.15, 0.2) is 0 Å². The Kier molecular flexibility index (Phi) is 7.01. The van der Waals surface area contributed by atoms with E-state index in [9.17, 15) is 0 Å².